The van der Waals surface area contributed by atoms with Gasteiger partial charge in [-0.2, -0.15) is 0 Å². The molecule has 1 saturated carbocycles. The summed E-state index contributed by atoms with van der Waals surface area (Å²) >= 11 is 0. The van der Waals surface area contributed by atoms with Crippen LogP contribution in [0.2, 0.25) is 0 Å². The molecular weight excluding hydrogens is 368 g/mol. The summed E-state index contributed by atoms with van der Waals surface area (Å²) in [7, 11) is -8.81. The maximum absolute atomic E-state index is 12.6. The van der Waals surface area contributed by atoms with Gasteiger partial charge in [0, 0.05) is 6.92 Å². The number of hydrogen-bond acceptors (Lipinski definition) is 6. The molecule has 0 bridgehead atoms. The summed E-state index contributed by atoms with van der Waals surface area (Å²) in [6.07, 6.45) is 2.92. The summed E-state index contributed by atoms with van der Waals surface area (Å²) in [4.78, 5) is 13.1. The number of nitrogens with zero attached hydrogens (tertiary/aromatic N) is 2. The van der Waals surface area contributed by atoms with Crippen molar-refractivity contribution in [3.8, 4) is 5.75 Å². The number of rotatable bonds is 3. The SMILES string of the molecule is CC(=O)Oc1ccc(S(=O)(=O)C(=[N+]=[N-])S(=O)(=O)C2CCCCC2)cc1. The first-order chi connectivity index (χ1) is 11.7. The molecule has 1 aliphatic rings. The highest BCUT2D eigenvalue weighted by molar-refractivity contribution is 8.31. The average molecular weight is 386 g/mol. The van der Waals surface area contributed by atoms with Crippen LogP contribution >= 0.6 is 0 Å². The number of ether oxygens (including phenoxy) is 1. The highest BCUT2D eigenvalue weighted by atomic mass is 32.3. The van der Waals surface area contributed by atoms with Crippen molar-refractivity contribution in [3.05, 3.63) is 29.8 Å². The van der Waals surface area contributed by atoms with Gasteiger partial charge in [-0.05, 0) is 37.1 Å². The lowest BCUT2D eigenvalue weighted by Crippen LogP contribution is -2.35. The molecule has 1 aromatic carbocycles. The fourth-order valence-corrected chi connectivity index (χ4v) is 6.81. The highest BCUT2D eigenvalue weighted by Gasteiger charge is 2.47. The van der Waals surface area contributed by atoms with Gasteiger partial charge in [0.15, 0.2) is 0 Å². The van der Waals surface area contributed by atoms with Crippen molar-refractivity contribution in [1.29, 1.82) is 0 Å². The normalized spacial score (nSPS) is 16.0. The second-order valence-electron chi connectivity index (χ2n) is 5.74. The Morgan fingerprint density at radius 3 is 2.12 bits per heavy atom. The zero-order valence-electron chi connectivity index (χ0n) is 13.6. The smallest absolute Gasteiger partial charge is 0.427 e. The first-order valence-corrected chi connectivity index (χ1v) is 10.7. The summed E-state index contributed by atoms with van der Waals surface area (Å²) in [5.74, 6) is -0.461. The van der Waals surface area contributed by atoms with Crippen LogP contribution in [0.15, 0.2) is 29.2 Å². The molecule has 0 atom stereocenters. The lowest BCUT2D eigenvalue weighted by atomic mass is 10.0. The van der Waals surface area contributed by atoms with E-state index in [1.807, 2.05) is 0 Å². The first kappa shape index (κ1) is 19.3. The van der Waals surface area contributed by atoms with E-state index in [0.29, 0.717) is 25.7 Å². The van der Waals surface area contributed by atoms with E-state index in [-0.39, 0.29) is 10.6 Å². The second-order valence-corrected chi connectivity index (χ2v) is 10.0. The summed E-state index contributed by atoms with van der Waals surface area (Å²) in [5, 5.41) is -0.873. The minimum absolute atomic E-state index is 0.115. The van der Waals surface area contributed by atoms with Crippen LogP contribution < -0.4 is 4.74 Å². The van der Waals surface area contributed by atoms with Crippen LogP contribution in [0.3, 0.4) is 0 Å². The maximum Gasteiger partial charge on any atom is 0.499 e. The van der Waals surface area contributed by atoms with Crippen LogP contribution in [-0.2, 0) is 24.5 Å². The minimum atomic E-state index is -4.53. The molecule has 0 radical (unpaired) electrons. The van der Waals surface area contributed by atoms with Crippen molar-refractivity contribution >= 4 is 30.0 Å². The van der Waals surface area contributed by atoms with E-state index >= 15 is 0 Å². The van der Waals surface area contributed by atoms with E-state index in [2.05, 4.69) is 4.79 Å². The van der Waals surface area contributed by atoms with Crippen molar-refractivity contribution in [1.82, 2.24) is 0 Å². The van der Waals surface area contributed by atoms with Gasteiger partial charge in [0.1, 0.15) is 5.75 Å². The van der Waals surface area contributed by atoms with Gasteiger partial charge in [-0.3, -0.25) is 4.79 Å². The number of hydrogen-bond donors (Lipinski definition) is 0. The van der Waals surface area contributed by atoms with E-state index in [9.17, 15) is 21.6 Å². The molecule has 0 unspecified atom stereocenters. The standard InChI is InChI=1S/C15H18N2O6S2/c1-11(18)23-12-7-9-14(10-8-12)25(21,22)15(17-16)24(19,20)13-5-3-2-4-6-13/h7-10,13H,2-6H2,1H3. The summed E-state index contributed by atoms with van der Waals surface area (Å²) < 4.78 is 54.0. The van der Waals surface area contributed by atoms with Crippen molar-refractivity contribution in [2.24, 2.45) is 0 Å². The maximum atomic E-state index is 12.6. The van der Waals surface area contributed by atoms with E-state index in [0.717, 1.165) is 18.6 Å². The number of benzene rings is 1. The van der Waals surface area contributed by atoms with Gasteiger partial charge < -0.3 is 10.3 Å². The van der Waals surface area contributed by atoms with Crippen molar-refractivity contribution in [2.45, 2.75) is 49.2 Å². The van der Waals surface area contributed by atoms with Gasteiger partial charge in [0.05, 0.1) is 10.1 Å². The quantitative estimate of drug-likeness (QED) is 0.194. The Hall–Kier alpha value is -2.03. The summed E-state index contributed by atoms with van der Waals surface area (Å²) in [6.45, 7) is 1.19. The first-order valence-electron chi connectivity index (χ1n) is 7.69. The van der Waals surface area contributed by atoms with Gasteiger partial charge in [0.25, 0.3) is 19.7 Å². The molecular formula is C15H18N2O6S2. The van der Waals surface area contributed by atoms with E-state index < -0.39 is 35.3 Å². The number of esters is 1. The molecule has 1 fully saturated rings. The van der Waals surface area contributed by atoms with Crippen molar-refractivity contribution in [3.63, 3.8) is 0 Å². The van der Waals surface area contributed by atoms with E-state index in [1.54, 1.807) is 0 Å². The molecule has 1 aromatic rings. The number of carbonyl (C=O) groups is 1. The monoisotopic (exact) mass is 386 g/mol. The predicted octanol–water partition coefficient (Wildman–Crippen LogP) is 1.72. The van der Waals surface area contributed by atoms with Crippen molar-refractivity contribution < 1.29 is 31.2 Å². The van der Waals surface area contributed by atoms with E-state index in [4.69, 9.17) is 10.3 Å². The lowest BCUT2D eigenvalue weighted by molar-refractivity contribution is -0.131. The fourth-order valence-electron chi connectivity index (χ4n) is 2.74. The molecule has 0 amide bonds. The second kappa shape index (κ2) is 7.47. The Morgan fingerprint density at radius 2 is 1.64 bits per heavy atom. The Labute approximate surface area is 146 Å². The van der Waals surface area contributed by atoms with Crippen LogP contribution in [0.5, 0.6) is 5.75 Å². The van der Waals surface area contributed by atoms with Gasteiger partial charge in [-0.25, -0.2) is 16.8 Å². The number of carbonyl (C=O) groups excluding carboxylic acids is 1. The topological polar surface area (TPSA) is 131 Å². The van der Waals surface area contributed by atoms with Crippen LogP contribution in [0.4, 0.5) is 0 Å². The fraction of sp³-hybridized carbons (Fsp3) is 0.467. The molecule has 0 aromatic heterocycles. The Kier molecular flexibility index (Phi) is 5.76. The molecule has 0 aliphatic heterocycles. The molecule has 1 aliphatic carbocycles. The third kappa shape index (κ3) is 4.15. The van der Waals surface area contributed by atoms with E-state index in [1.165, 1.54) is 19.1 Å². The Bertz CT molecular complexity index is 907. The zero-order valence-corrected chi connectivity index (χ0v) is 15.2. The zero-order chi connectivity index (χ0) is 18.7. The number of sulfone groups is 2. The molecule has 2 rings (SSSR count). The van der Waals surface area contributed by atoms with Gasteiger partial charge in [0.2, 0.25) is 0 Å². The van der Waals surface area contributed by atoms with Crippen LogP contribution in [0.25, 0.3) is 5.53 Å². The molecule has 0 heterocycles. The lowest BCUT2D eigenvalue weighted by Gasteiger charge is -2.19. The molecule has 25 heavy (non-hydrogen) atoms. The van der Waals surface area contributed by atoms with Gasteiger partial charge >= 0.3 is 10.3 Å². The summed E-state index contributed by atoms with van der Waals surface area (Å²) in [6, 6.07) is 4.62. The Morgan fingerprint density at radius 1 is 1.08 bits per heavy atom. The van der Waals surface area contributed by atoms with Crippen LogP contribution in [-0.4, -0.2) is 37.2 Å². The third-order valence-corrected chi connectivity index (χ3v) is 8.65. The summed E-state index contributed by atoms with van der Waals surface area (Å²) in [5.41, 5.74) is 9.12. The molecule has 10 heteroatoms. The largest absolute Gasteiger partial charge is 0.499 e. The van der Waals surface area contributed by atoms with Crippen molar-refractivity contribution in [2.75, 3.05) is 0 Å². The minimum Gasteiger partial charge on any atom is -0.427 e. The predicted molar refractivity (Wildman–Crippen MR) is 89.4 cm³/mol. The average Bonchev–Trinajstić information content (AvgIpc) is 2.55. The molecule has 136 valence electrons. The Balaban J connectivity index is 2.39. The molecule has 8 nitrogen and oxygen atoms in total. The highest BCUT2D eigenvalue weighted by Crippen LogP contribution is 2.27. The van der Waals surface area contributed by atoms with Crippen LogP contribution in [0.1, 0.15) is 39.0 Å². The molecule has 0 spiro atoms. The molecule has 0 N–H and O–H groups in total. The van der Waals surface area contributed by atoms with Gasteiger partial charge in [-0.1, -0.05) is 19.3 Å². The van der Waals surface area contributed by atoms with Gasteiger partial charge in [-0.15, -0.1) is 4.79 Å². The third-order valence-electron chi connectivity index (χ3n) is 3.94. The van der Waals surface area contributed by atoms with Crippen LogP contribution in [0, 0.1) is 0 Å². The molecule has 0 saturated heterocycles.